The summed E-state index contributed by atoms with van der Waals surface area (Å²) in [5.41, 5.74) is 2.99. The molecule has 2 N–H and O–H groups in total. The Morgan fingerprint density at radius 1 is 0.923 bits per heavy atom. The molecule has 0 aliphatic carbocycles. The Morgan fingerprint density at radius 2 is 1.42 bits per heavy atom. The van der Waals surface area contributed by atoms with Crippen LogP contribution >= 0.6 is 0 Å². The Morgan fingerprint density at radius 3 is 1.88 bits per heavy atom. The zero-order chi connectivity index (χ0) is 19.7. The van der Waals surface area contributed by atoms with Crippen molar-refractivity contribution < 1.29 is 13.2 Å². The molecule has 0 radical (unpaired) electrons. The first-order chi connectivity index (χ1) is 11.9. The summed E-state index contributed by atoms with van der Waals surface area (Å²) >= 11 is 0. The molecule has 2 rings (SSSR count). The molecule has 1 amide bonds. The molecule has 5 nitrogen and oxygen atoms in total. The highest BCUT2D eigenvalue weighted by molar-refractivity contribution is 7.92. The van der Waals surface area contributed by atoms with E-state index in [1.165, 1.54) is 0 Å². The predicted molar refractivity (Wildman–Crippen MR) is 105 cm³/mol. The van der Waals surface area contributed by atoms with Crippen LogP contribution in [0.1, 0.15) is 47.8 Å². The number of benzene rings is 2. The second kappa shape index (κ2) is 7.11. The fourth-order valence-corrected chi connectivity index (χ4v) is 4.41. The molecule has 140 valence electrons. The van der Waals surface area contributed by atoms with Crippen molar-refractivity contribution in [2.24, 2.45) is 0 Å². The van der Waals surface area contributed by atoms with Crippen LogP contribution in [-0.4, -0.2) is 19.9 Å². The number of carbonyl (C=O) groups is 1. The highest BCUT2D eigenvalue weighted by Gasteiger charge is 2.20. The van der Waals surface area contributed by atoms with Crippen LogP contribution in [0.3, 0.4) is 0 Å². The van der Waals surface area contributed by atoms with E-state index in [0.717, 1.165) is 5.56 Å². The van der Waals surface area contributed by atoms with E-state index in [9.17, 15) is 13.2 Å². The summed E-state index contributed by atoms with van der Waals surface area (Å²) in [5.74, 6) is -0.197. The zero-order valence-corrected chi connectivity index (χ0v) is 16.9. The third-order valence-corrected chi connectivity index (χ3v) is 5.45. The minimum atomic E-state index is -3.70. The van der Waals surface area contributed by atoms with Crippen LogP contribution in [0.5, 0.6) is 0 Å². The second-order valence-corrected chi connectivity index (χ2v) is 9.23. The van der Waals surface area contributed by atoms with Crippen LogP contribution < -0.4 is 10.0 Å². The number of rotatable bonds is 4. The number of amides is 1. The Kier molecular flexibility index (Phi) is 5.47. The number of anilines is 1. The van der Waals surface area contributed by atoms with Gasteiger partial charge in [0.15, 0.2) is 0 Å². The van der Waals surface area contributed by atoms with E-state index in [2.05, 4.69) is 10.0 Å². The topological polar surface area (TPSA) is 75.3 Å². The highest BCUT2D eigenvalue weighted by Crippen LogP contribution is 2.24. The van der Waals surface area contributed by atoms with Crippen molar-refractivity contribution in [2.75, 3.05) is 4.72 Å². The zero-order valence-electron chi connectivity index (χ0n) is 16.1. The van der Waals surface area contributed by atoms with Gasteiger partial charge in [-0.25, -0.2) is 8.42 Å². The molecule has 0 heterocycles. The van der Waals surface area contributed by atoms with Gasteiger partial charge in [-0.3, -0.25) is 9.52 Å². The molecule has 0 aliphatic rings. The van der Waals surface area contributed by atoms with E-state index in [0.29, 0.717) is 22.4 Å². The number of hydrogen-bond acceptors (Lipinski definition) is 3. The monoisotopic (exact) mass is 374 g/mol. The van der Waals surface area contributed by atoms with Gasteiger partial charge in [0, 0.05) is 16.8 Å². The van der Waals surface area contributed by atoms with Gasteiger partial charge in [0.25, 0.3) is 15.9 Å². The molecule has 2 aromatic carbocycles. The SMILES string of the molecule is Cc1cc(C)c(S(=O)(=O)Nc2ccc(C(=O)NC(C)(C)C)cc2)c(C)c1. The van der Waals surface area contributed by atoms with Crippen molar-refractivity contribution in [3.05, 3.63) is 58.7 Å². The first-order valence-electron chi connectivity index (χ1n) is 8.42. The maximum absolute atomic E-state index is 12.8. The van der Waals surface area contributed by atoms with Crippen molar-refractivity contribution in [2.45, 2.75) is 52.0 Å². The van der Waals surface area contributed by atoms with Crippen LogP contribution in [0.25, 0.3) is 0 Å². The van der Waals surface area contributed by atoms with Crippen molar-refractivity contribution in [1.82, 2.24) is 5.32 Å². The van der Waals surface area contributed by atoms with Gasteiger partial charge >= 0.3 is 0 Å². The van der Waals surface area contributed by atoms with E-state index in [1.54, 1.807) is 38.1 Å². The Bertz CT molecular complexity index is 902. The Hall–Kier alpha value is -2.34. The first kappa shape index (κ1) is 20.0. The van der Waals surface area contributed by atoms with Gasteiger partial charge in [0.05, 0.1) is 4.90 Å². The Labute approximate surface area is 155 Å². The molecular formula is C20H26N2O3S. The maximum atomic E-state index is 12.8. The van der Waals surface area contributed by atoms with Crippen LogP contribution in [0.2, 0.25) is 0 Å². The molecule has 0 unspecified atom stereocenters. The summed E-state index contributed by atoms with van der Waals surface area (Å²) in [5, 5.41) is 2.87. The van der Waals surface area contributed by atoms with Crippen LogP contribution in [-0.2, 0) is 10.0 Å². The van der Waals surface area contributed by atoms with E-state index < -0.39 is 10.0 Å². The van der Waals surface area contributed by atoms with Gasteiger partial charge in [-0.1, -0.05) is 17.7 Å². The normalized spacial score (nSPS) is 11.9. The lowest BCUT2D eigenvalue weighted by atomic mass is 10.1. The first-order valence-corrected chi connectivity index (χ1v) is 9.90. The predicted octanol–water partition coefficient (Wildman–Crippen LogP) is 3.94. The summed E-state index contributed by atoms with van der Waals surface area (Å²) in [6, 6.07) is 10.1. The van der Waals surface area contributed by atoms with Crippen molar-refractivity contribution in [3.63, 3.8) is 0 Å². The van der Waals surface area contributed by atoms with Gasteiger partial charge in [0.2, 0.25) is 0 Å². The molecule has 0 fully saturated rings. The third kappa shape index (κ3) is 4.85. The molecule has 0 aliphatic heterocycles. The van der Waals surface area contributed by atoms with Gasteiger partial charge in [-0.2, -0.15) is 0 Å². The molecule has 26 heavy (non-hydrogen) atoms. The molecule has 0 aromatic heterocycles. The third-order valence-electron chi connectivity index (χ3n) is 3.76. The molecule has 0 saturated heterocycles. The van der Waals surface area contributed by atoms with Crippen LogP contribution in [0.4, 0.5) is 5.69 Å². The quantitative estimate of drug-likeness (QED) is 0.851. The number of hydrogen-bond donors (Lipinski definition) is 2. The van der Waals surface area contributed by atoms with Crippen molar-refractivity contribution >= 4 is 21.6 Å². The number of nitrogens with one attached hydrogen (secondary N) is 2. The van der Waals surface area contributed by atoms with E-state index >= 15 is 0 Å². The molecule has 0 spiro atoms. The summed E-state index contributed by atoms with van der Waals surface area (Å²) in [4.78, 5) is 12.4. The van der Waals surface area contributed by atoms with Gasteiger partial charge in [-0.15, -0.1) is 0 Å². The lowest BCUT2D eigenvalue weighted by molar-refractivity contribution is 0.0919. The summed E-state index contributed by atoms with van der Waals surface area (Å²) in [6.45, 7) is 11.2. The smallest absolute Gasteiger partial charge is 0.262 e. The molecule has 0 saturated carbocycles. The average molecular weight is 375 g/mol. The molecule has 0 bridgehead atoms. The van der Waals surface area contributed by atoms with Crippen LogP contribution in [0, 0.1) is 20.8 Å². The largest absolute Gasteiger partial charge is 0.347 e. The van der Waals surface area contributed by atoms with E-state index in [-0.39, 0.29) is 16.3 Å². The standard InChI is InChI=1S/C20H26N2O3S/c1-13-11-14(2)18(15(3)12-13)26(24,25)22-17-9-7-16(8-10-17)19(23)21-20(4,5)6/h7-12,22H,1-6H3,(H,21,23). The summed E-state index contributed by atoms with van der Waals surface area (Å²) in [7, 11) is -3.70. The molecule has 0 atom stereocenters. The van der Waals surface area contributed by atoms with Gasteiger partial charge in [0.1, 0.15) is 0 Å². The number of sulfonamides is 1. The van der Waals surface area contributed by atoms with Crippen molar-refractivity contribution in [3.8, 4) is 0 Å². The van der Waals surface area contributed by atoms with Crippen LogP contribution in [0.15, 0.2) is 41.3 Å². The van der Waals surface area contributed by atoms with E-state index in [4.69, 9.17) is 0 Å². The van der Waals surface area contributed by atoms with Gasteiger partial charge < -0.3 is 5.32 Å². The lowest BCUT2D eigenvalue weighted by Crippen LogP contribution is -2.40. The minimum absolute atomic E-state index is 0.197. The van der Waals surface area contributed by atoms with Crippen molar-refractivity contribution in [1.29, 1.82) is 0 Å². The summed E-state index contributed by atoms with van der Waals surface area (Å²) < 4.78 is 28.1. The average Bonchev–Trinajstić information content (AvgIpc) is 2.43. The molecular weight excluding hydrogens is 348 g/mol. The number of aryl methyl sites for hydroxylation is 3. The fraction of sp³-hybridized carbons (Fsp3) is 0.350. The van der Waals surface area contributed by atoms with Gasteiger partial charge in [-0.05, 0) is 76.9 Å². The Balaban J connectivity index is 2.25. The van der Waals surface area contributed by atoms with E-state index in [1.807, 2.05) is 39.8 Å². The molecule has 2 aromatic rings. The highest BCUT2D eigenvalue weighted by atomic mass is 32.2. The fourth-order valence-electron chi connectivity index (χ4n) is 2.90. The minimum Gasteiger partial charge on any atom is -0.347 e. The number of carbonyl (C=O) groups excluding carboxylic acids is 1. The maximum Gasteiger partial charge on any atom is 0.262 e. The lowest BCUT2D eigenvalue weighted by Gasteiger charge is -2.20. The summed E-state index contributed by atoms with van der Waals surface area (Å²) in [6.07, 6.45) is 0. The second-order valence-electron chi connectivity index (χ2n) is 7.61. The molecule has 6 heteroatoms.